The molecular formula is C14H13N3O2. The Morgan fingerprint density at radius 1 is 1.47 bits per heavy atom. The van der Waals surface area contributed by atoms with Crippen LogP contribution in [0.2, 0.25) is 0 Å². The molecule has 0 saturated carbocycles. The van der Waals surface area contributed by atoms with Gasteiger partial charge in [-0.2, -0.15) is 5.26 Å². The lowest BCUT2D eigenvalue weighted by molar-refractivity contribution is 0.0527. The number of carbonyl (C=O) groups is 1. The molecule has 0 unspecified atom stereocenters. The first kappa shape index (κ1) is 12.7. The van der Waals surface area contributed by atoms with E-state index in [0.29, 0.717) is 22.6 Å². The number of aromatic nitrogens is 1. The minimum Gasteiger partial charge on any atom is -0.462 e. The summed E-state index contributed by atoms with van der Waals surface area (Å²) in [5, 5.41) is 9.00. The van der Waals surface area contributed by atoms with Crippen LogP contribution >= 0.6 is 0 Å². The zero-order valence-corrected chi connectivity index (χ0v) is 10.5. The maximum Gasteiger partial charge on any atom is 0.340 e. The Morgan fingerprint density at radius 2 is 2.26 bits per heavy atom. The minimum atomic E-state index is -0.465. The summed E-state index contributed by atoms with van der Waals surface area (Å²) in [6, 6.07) is 10.5. The van der Waals surface area contributed by atoms with Crippen LogP contribution in [0.1, 0.15) is 23.0 Å². The molecule has 2 aromatic rings. The van der Waals surface area contributed by atoms with Gasteiger partial charge < -0.3 is 15.0 Å². The van der Waals surface area contributed by atoms with Crippen molar-refractivity contribution in [2.24, 2.45) is 0 Å². The zero-order chi connectivity index (χ0) is 13.8. The highest BCUT2D eigenvalue weighted by atomic mass is 16.5. The van der Waals surface area contributed by atoms with Gasteiger partial charge in [-0.05, 0) is 37.3 Å². The molecule has 0 radical (unpaired) electrons. The molecule has 5 nitrogen and oxygen atoms in total. The van der Waals surface area contributed by atoms with E-state index in [4.69, 9.17) is 15.7 Å². The Balaban J connectivity index is 2.47. The van der Waals surface area contributed by atoms with E-state index < -0.39 is 5.97 Å². The fraction of sp³-hybridized carbons (Fsp3) is 0.143. The smallest absolute Gasteiger partial charge is 0.340 e. The predicted molar refractivity (Wildman–Crippen MR) is 70.9 cm³/mol. The first-order valence-corrected chi connectivity index (χ1v) is 5.82. The van der Waals surface area contributed by atoms with Crippen LogP contribution < -0.4 is 5.73 Å². The lowest BCUT2D eigenvalue weighted by Crippen LogP contribution is -2.09. The molecule has 0 amide bonds. The van der Waals surface area contributed by atoms with E-state index in [1.54, 1.807) is 48.0 Å². The third-order valence-electron chi connectivity index (χ3n) is 2.67. The van der Waals surface area contributed by atoms with Gasteiger partial charge in [-0.1, -0.05) is 0 Å². The quantitative estimate of drug-likeness (QED) is 0.672. The summed E-state index contributed by atoms with van der Waals surface area (Å²) in [4.78, 5) is 11.8. The number of benzene rings is 1. The molecule has 0 bridgehead atoms. The van der Waals surface area contributed by atoms with Crippen molar-refractivity contribution in [1.29, 1.82) is 5.26 Å². The lowest BCUT2D eigenvalue weighted by atomic mass is 10.1. The standard InChI is InChI=1S/C14H13N3O2/c1-2-19-14(18)12-8-10(5-6-13(12)16)17-7-3-4-11(17)9-15/h3-8H,2,16H2,1H3. The summed E-state index contributed by atoms with van der Waals surface area (Å²) in [6.07, 6.45) is 1.75. The summed E-state index contributed by atoms with van der Waals surface area (Å²) >= 11 is 0. The fourth-order valence-corrected chi connectivity index (χ4v) is 1.78. The highest BCUT2D eigenvalue weighted by Gasteiger charge is 2.13. The molecule has 0 aliphatic heterocycles. The van der Waals surface area contributed by atoms with Crippen LogP contribution in [0.4, 0.5) is 5.69 Å². The number of hydrogen-bond donors (Lipinski definition) is 1. The molecule has 0 fully saturated rings. The molecule has 1 heterocycles. The maximum absolute atomic E-state index is 11.8. The van der Waals surface area contributed by atoms with E-state index in [0.717, 1.165) is 0 Å². The Morgan fingerprint density at radius 3 is 2.95 bits per heavy atom. The summed E-state index contributed by atoms with van der Waals surface area (Å²) in [5.74, 6) is -0.465. The molecule has 96 valence electrons. The van der Waals surface area contributed by atoms with E-state index >= 15 is 0 Å². The van der Waals surface area contributed by atoms with Crippen molar-refractivity contribution >= 4 is 11.7 Å². The van der Waals surface area contributed by atoms with E-state index in [9.17, 15) is 4.79 Å². The number of nitrogens with two attached hydrogens (primary N) is 1. The predicted octanol–water partition coefficient (Wildman–Crippen LogP) is 2.11. The summed E-state index contributed by atoms with van der Waals surface area (Å²) in [7, 11) is 0. The van der Waals surface area contributed by atoms with Crippen LogP contribution in [0.3, 0.4) is 0 Å². The SMILES string of the molecule is CCOC(=O)c1cc(-n2cccc2C#N)ccc1N. The van der Waals surface area contributed by atoms with Crippen LogP contribution in [0.15, 0.2) is 36.5 Å². The molecular weight excluding hydrogens is 242 g/mol. The van der Waals surface area contributed by atoms with Crippen molar-refractivity contribution in [3.8, 4) is 11.8 Å². The normalized spacial score (nSPS) is 9.89. The Kier molecular flexibility index (Phi) is 3.53. The number of ether oxygens (including phenoxy) is 1. The lowest BCUT2D eigenvalue weighted by Gasteiger charge is -2.09. The topological polar surface area (TPSA) is 81.0 Å². The molecule has 0 spiro atoms. The van der Waals surface area contributed by atoms with Gasteiger partial charge >= 0.3 is 5.97 Å². The van der Waals surface area contributed by atoms with Crippen molar-refractivity contribution < 1.29 is 9.53 Å². The van der Waals surface area contributed by atoms with Crippen molar-refractivity contribution in [3.63, 3.8) is 0 Å². The average molecular weight is 255 g/mol. The summed E-state index contributed by atoms with van der Waals surface area (Å²) in [5.41, 5.74) is 7.61. The van der Waals surface area contributed by atoms with Crippen molar-refractivity contribution in [1.82, 2.24) is 4.57 Å². The Labute approximate surface area is 110 Å². The number of carbonyl (C=O) groups excluding carboxylic acids is 1. The van der Waals surface area contributed by atoms with Gasteiger partial charge in [-0.3, -0.25) is 0 Å². The molecule has 0 aliphatic rings. The molecule has 0 atom stereocenters. The second-order valence-electron chi connectivity index (χ2n) is 3.87. The van der Waals surface area contributed by atoms with Crippen LogP contribution in [0, 0.1) is 11.3 Å². The van der Waals surface area contributed by atoms with Gasteiger partial charge in [0.15, 0.2) is 0 Å². The molecule has 0 aliphatic carbocycles. The monoisotopic (exact) mass is 255 g/mol. The van der Waals surface area contributed by atoms with Crippen molar-refractivity contribution in [3.05, 3.63) is 47.8 Å². The maximum atomic E-state index is 11.8. The van der Waals surface area contributed by atoms with E-state index in [1.807, 2.05) is 0 Å². The van der Waals surface area contributed by atoms with Gasteiger partial charge in [0.2, 0.25) is 0 Å². The van der Waals surface area contributed by atoms with E-state index in [2.05, 4.69) is 6.07 Å². The van der Waals surface area contributed by atoms with Gasteiger partial charge in [0.1, 0.15) is 11.8 Å². The fourth-order valence-electron chi connectivity index (χ4n) is 1.78. The molecule has 1 aromatic carbocycles. The third-order valence-corrected chi connectivity index (χ3v) is 2.67. The molecule has 19 heavy (non-hydrogen) atoms. The number of nitrogen functional groups attached to an aromatic ring is 1. The highest BCUT2D eigenvalue weighted by Crippen LogP contribution is 2.20. The first-order chi connectivity index (χ1) is 9.17. The average Bonchev–Trinajstić information content (AvgIpc) is 2.88. The van der Waals surface area contributed by atoms with Crippen molar-refractivity contribution in [2.75, 3.05) is 12.3 Å². The summed E-state index contributed by atoms with van der Waals surface area (Å²) in [6.45, 7) is 2.02. The first-order valence-electron chi connectivity index (χ1n) is 5.82. The number of nitriles is 1. The number of nitrogens with zero attached hydrogens (tertiary/aromatic N) is 2. The van der Waals surface area contributed by atoms with E-state index in [1.165, 1.54) is 0 Å². The summed E-state index contributed by atoms with van der Waals surface area (Å²) < 4.78 is 6.63. The second kappa shape index (κ2) is 5.27. The molecule has 2 N–H and O–H groups in total. The zero-order valence-electron chi connectivity index (χ0n) is 10.5. The van der Waals surface area contributed by atoms with Crippen LogP contribution in [0.5, 0.6) is 0 Å². The third kappa shape index (κ3) is 2.43. The number of rotatable bonds is 3. The van der Waals surface area contributed by atoms with Crippen LogP contribution in [-0.4, -0.2) is 17.1 Å². The van der Waals surface area contributed by atoms with Crippen LogP contribution in [0.25, 0.3) is 5.69 Å². The molecule has 0 saturated heterocycles. The van der Waals surface area contributed by atoms with Gasteiger partial charge in [0, 0.05) is 17.6 Å². The number of hydrogen-bond acceptors (Lipinski definition) is 4. The number of anilines is 1. The largest absolute Gasteiger partial charge is 0.462 e. The Bertz CT molecular complexity index is 653. The van der Waals surface area contributed by atoms with Gasteiger partial charge in [0.25, 0.3) is 0 Å². The molecule has 2 rings (SSSR count). The minimum absolute atomic E-state index is 0.287. The number of esters is 1. The van der Waals surface area contributed by atoms with Crippen molar-refractivity contribution in [2.45, 2.75) is 6.92 Å². The molecule has 1 aromatic heterocycles. The van der Waals surface area contributed by atoms with Crippen LogP contribution in [-0.2, 0) is 4.74 Å². The Hall–Kier alpha value is -2.74. The second-order valence-corrected chi connectivity index (χ2v) is 3.87. The van der Waals surface area contributed by atoms with Gasteiger partial charge in [0.05, 0.1) is 12.2 Å². The van der Waals surface area contributed by atoms with Gasteiger partial charge in [-0.25, -0.2) is 4.79 Å². The van der Waals surface area contributed by atoms with E-state index in [-0.39, 0.29) is 6.61 Å². The molecule has 5 heteroatoms. The van der Waals surface area contributed by atoms with Gasteiger partial charge in [-0.15, -0.1) is 0 Å². The highest BCUT2D eigenvalue weighted by molar-refractivity contribution is 5.95.